The summed E-state index contributed by atoms with van der Waals surface area (Å²) in [7, 11) is 10.3. The van der Waals surface area contributed by atoms with Crippen molar-refractivity contribution in [2.75, 3.05) is 96.8 Å². The van der Waals surface area contributed by atoms with Crippen molar-refractivity contribution in [2.24, 2.45) is 22.9 Å². The number of carboxylic acids is 2. The minimum absolute atomic E-state index is 0.00231. The largest absolute Gasteiger partial charge is 0.481 e. The molecule has 0 aliphatic carbocycles. The second-order valence-electron chi connectivity index (χ2n) is 24.6. The van der Waals surface area contributed by atoms with Crippen LogP contribution in [0.3, 0.4) is 0 Å². The Hall–Kier alpha value is -13.2. The fourth-order valence-corrected chi connectivity index (χ4v) is 10.5. The maximum absolute atomic E-state index is 13.1. The van der Waals surface area contributed by atoms with Gasteiger partial charge in [0, 0.05) is 143 Å². The van der Waals surface area contributed by atoms with Gasteiger partial charge in [-0.25, -0.2) is 19.6 Å². The van der Waals surface area contributed by atoms with Gasteiger partial charge < -0.3 is 68.1 Å². The number of imide groups is 3. The number of rotatable bonds is 13. The lowest BCUT2D eigenvalue weighted by Gasteiger charge is -2.27. The number of carboxylic acid groups (broad SMARTS) is 2. The van der Waals surface area contributed by atoms with Crippen molar-refractivity contribution in [2.45, 2.75) is 96.1 Å². The van der Waals surface area contributed by atoms with Crippen LogP contribution in [0.1, 0.15) is 178 Å². The second-order valence-corrected chi connectivity index (χ2v) is 24.6. The molecule has 9 aromatic carbocycles. The zero-order chi connectivity index (χ0) is 91.2. The lowest BCUT2D eigenvalue weighted by atomic mass is 9.93. The third-order valence-electron chi connectivity index (χ3n) is 16.6. The van der Waals surface area contributed by atoms with E-state index in [1.165, 1.54) is 16.7 Å². The molecular formula is C88H113N13O19. The molecule has 0 aromatic heterocycles. The van der Waals surface area contributed by atoms with E-state index < -0.39 is 35.7 Å². The number of benzene rings is 9. The molecule has 0 bridgehead atoms. The number of carbonyl (C=O) groups excluding carboxylic acids is 12. The van der Waals surface area contributed by atoms with Gasteiger partial charge in [-0.1, -0.05) is 139 Å². The Kier molecular flexibility index (Phi) is 47.8. The van der Waals surface area contributed by atoms with Crippen molar-refractivity contribution in [1.82, 2.24) is 30.2 Å². The van der Waals surface area contributed by atoms with Crippen molar-refractivity contribution in [1.29, 1.82) is 0 Å². The fraction of sp³-hybridized carbons (Fsp3) is 0.295. The summed E-state index contributed by atoms with van der Waals surface area (Å²) in [4.78, 5) is 174. The third-order valence-corrected chi connectivity index (χ3v) is 16.6. The fourth-order valence-electron chi connectivity index (χ4n) is 10.5. The molecule has 13 rings (SSSR count). The lowest BCUT2D eigenvalue weighted by molar-refractivity contribution is -0.253. The van der Waals surface area contributed by atoms with Crippen molar-refractivity contribution in [3.8, 4) is 0 Å². The van der Waals surface area contributed by atoms with Crippen LogP contribution in [0, 0.1) is 0 Å². The van der Waals surface area contributed by atoms with Crippen molar-refractivity contribution < 1.29 is 92.2 Å². The molecule has 0 atom stereocenters. The number of esters is 2. The molecule has 644 valence electrons. The second kappa shape index (κ2) is 54.7. The zero-order valence-corrected chi connectivity index (χ0v) is 71.3. The van der Waals surface area contributed by atoms with Crippen LogP contribution >= 0.6 is 0 Å². The lowest BCUT2D eigenvalue weighted by Crippen LogP contribution is -2.40. The number of hydrogen-bond donors (Lipinski definition) is 9. The number of nitrogens with two attached hydrogens (primary N) is 4. The van der Waals surface area contributed by atoms with E-state index in [0.717, 1.165) is 51.3 Å². The molecule has 9 aromatic rings. The number of anilines is 3. The number of cyclic esters (lactones) is 2. The van der Waals surface area contributed by atoms with Crippen LogP contribution in [0.2, 0.25) is 0 Å². The first-order valence-corrected chi connectivity index (χ1v) is 38.1. The normalized spacial score (nSPS) is 11.7. The van der Waals surface area contributed by atoms with Crippen LogP contribution in [-0.4, -0.2) is 200 Å². The highest BCUT2D eigenvalue weighted by Gasteiger charge is 2.37. The predicted molar refractivity (Wildman–Crippen MR) is 465 cm³/mol. The minimum atomic E-state index is -0.833. The van der Waals surface area contributed by atoms with Gasteiger partial charge in [-0.3, -0.25) is 72.4 Å². The first-order valence-electron chi connectivity index (χ1n) is 38.1. The van der Waals surface area contributed by atoms with Crippen LogP contribution < -0.4 is 48.3 Å². The van der Waals surface area contributed by atoms with E-state index in [2.05, 4.69) is 20.3 Å². The van der Waals surface area contributed by atoms with Crippen LogP contribution in [-0.2, 0) is 45.0 Å². The van der Waals surface area contributed by atoms with Crippen molar-refractivity contribution in [3.63, 3.8) is 0 Å². The molecule has 32 nitrogen and oxygen atoms in total. The number of nitrogens with one attached hydrogen (secondary N) is 2. The van der Waals surface area contributed by atoms with E-state index in [9.17, 15) is 57.5 Å². The molecule has 4 aliphatic heterocycles. The summed E-state index contributed by atoms with van der Waals surface area (Å²) in [5.74, 6) is -5.07. The minimum Gasteiger partial charge on any atom is -0.481 e. The summed E-state index contributed by atoms with van der Waals surface area (Å²) in [5.41, 5.74) is 26.0. The highest BCUT2D eigenvalue weighted by atomic mass is 17.1. The summed E-state index contributed by atoms with van der Waals surface area (Å²) in [6, 6.07) is 52.4. The molecule has 1 fully saturated rings. The van der Waals surface area contributed by atoms with Gasteiger partial charge in [0.2, 0.25) is 11.8 Å². The summed E-state index contributed by atoms with van der Waals surface area (Å²) >= 11 is 0. The Morgan fingerprint density at radius 1 is 0.400 bits per heavy atom. The standard InChI is InChI=1S/C22H18N2O3.C21H17N3O3.C19H13NO4.C5H11NO.C4H10N2O.C3H2O3.2C2H8N2.2C2H4O2.3C2H6/c1-3-23(2)20(25)15-9-4-10-16(13-15)24-21(26)17-11-5-7-14-8-6-12-18(19(14)17)22(24)27;1-23(12-22)19(25)14-7-2-8-15(11-14)24-20(26)16-9-3-5-13-6-4-10-17(18(13)16)21(24)27;21-18-15-8-2-5-13-6-3-9-16(17(13)15)19(22)20(18)14-7-1-4-12(10-14)11-24-23;1-4-6(3)5(2)7;1-4(7)6(2)3-5;4-2-1-3(5)6-2;2*1-4-2-3;2*1-2(3)4;3*1-2/h4-13H,3H2,1-2H3;2-11H,12,22H2,1H3;1-10,23H,11H2;4H2,1-3H3;3,5H2,1-2H3;1H2;2*4H,2-3H2,1H3;2*1H3,(H,3,4);3*1-2H3. The van der Waals surface area contributed by atoms with Gasteiger partial charge in [-0.05, 0) is 135 Å². The number of aliphatic carboxylic acids is 2. The Morgan fingerprint density at radius 2 is 0.642 bits per heavy atom. The first-order chi connectivity index (χ1) is 57.2. The van der Waals surface area contributed by atoms with E-state index in [1.807, 2.05) is 116 Å². The van der Waals surface area contributed by atoms with E-state index in [4.69, 9.17) is 48.0 Å². The predicted octanol–water partition coefficient (Wildman–Crippen LogP) is 10.8. The molecule has 0 radical (unpaired) electrons. The van der Waals surface area contributed by atoms with Crippen LogP contribution in [0.15, 0.2) is 182 Å². The number of carbonyl (C=O) groups is 14. The molecule has 1 saturated heterocycles. The van der Waals surface area contributed by atoms with Crippen molar-refractivity contribution in [3.05, 3.63) is 232 Å². The smallest absolute Gasteiger partial charge is 0.324 e. The molecule has 0 spiro atoms. The maximum Gasteiger partial charge on any atom is 0.324 e. The average Bonchev–Trinajstić information content (AvgIpc) is 0.756. The SMILES string of the molecule is CC.CC.CC.CC(=O)N(C)CN.CC(=O)O.CC(=O)O.CCN(C)C(=O)c1cccc(N2C(=O)c3cccc4cccc(c34)C2=O)c1.CCN(C)C(C)=O.CN(CN)C(=O)c1cccc(N2C(=O)c3cccc4cccc(c34)C2=O)c1.CNCN.CNCN.O=C1CC(=O)O1.O=C1c2cccc3cccc(c23)C(=O)N1c1cccc(COO)c1. The molecule has 13 N–H and O–H groups in total. The molecule has 4 aliphatic rings. The van der Waals surface area contributed by atoms with Crippen LogP contribution in [0.4, 0.5) is 17.1 Å². The van der Waals surface area contributed by atoms with E-state index in [1.54, 1.807) is 180 Å². The molecule has 32 heteroatoms. The Bertz CT molecular complexity index is 4600. The quantitative estimate of drug-likeness (QED) is 0.0129. The van der Waals surface area contributed by atoms with Gasteiger partial charge in [0.05, 0.1) is 30.4 Å². The van der Waals surface area contributed by atoms with Gasteiger partial charge in [-0.2, -0.15) is 0 Å². The number of ether oxygens (including phenoxy) is 1. The average molecular weight is 1660 g/mol. The Morgan fingerprint density at radius 3 is 0.842 bits per heavy atom. The maximum atomic E-state index is 13.1. The molecule has 10 amide bonds. The number of hydrogen-bond acceptors (Lipinski definition) is 23. The van der Waals surface area contributed by atoms with E-state index in [-0.39, 0.29) is 67.0 Å². The molecule has 0 saturated carbocycles. The van der Waals surface area contributed by atoms with Gasteiger partial charge in [-0.15, -0.1) is 0 Å². The summed E-state index contributed by atoms with van der Waals surface area (Å²) in [5, 5.41) is 33.5. The third kappa shape index (κ3) is 30.1. The molecule has 0 unspecified atom stereocenters. The first kappa shape index (κ1) is 105. The van der Waals surface area contributed by atoms with E-state index in [0.29, 0.717) is 110 Å². The van der Waals surface area contributed by atoms with Crippen LogP contribution in [0.5, 0.6) is 0 Å². The topological polar surface area (TPSA) is 469 Å². The molecule has 4 heterocycles. The number of amides is 10. The molecular weight excluding hydrogens is 1540 g/mol. The van der Waals surface area contributed by atoms with Crippen LogP contribution in [0.25, 0.3) is 32.3 Å². The highest BCUT2D eigenvalue weighted by Crippen LogP contribution is 2.37. The molecule has 120 heavy (non-hydrogen) atoms. The van der Waals surface area contributed by atoms with Gasteiger partial charge >= 0.3 is 11.9 Å². The summed E-state index contributed by atoms with van der Waals surface area (Å²) < 4.78 is 3.86. The summed E-state index contributed by atoms with van der Waals surface area (Å²) in [6.07, 6.45) is -0.0278. The van der Waals surface area contributed by atoms with E-state index >= 15 is 0 Å². The van der Waals surface area contributed by atoms with Gasteiger partial charge in [0.15, 0.2) is 0 Å². The monoisotopic (exact) mass is 1660 g/mol. The Balaban J connectivity index is 0.000000728. The summed E-state index contributed by atoms with van der Waals surface area (Å²) in [6.45, 7) is 23.9. The Labute approximate surface area is 699 Å². The van der Waals surface area contributed by atoms with Crippen molar-refractivity contribution >= 4 is 132 Å². The van der Waals surface area contributed by atoms with Gasteiger partial charge in [0.1, 0.15) is 13.0 Å². The number of nitrogens with zero attached hydrogens (tertiary/aromatic N) is 7. The highest BCUT2D eigenvalue weighted by molar-refractivity contribution is 6.38. The van der Waals surface area contributed by atoms with Gasteiger partial charge in [0.25, 0.3) is 59.2 Å². The zero-order valence-electron chi connectivity index (χ0n) is 71.3.